The third kappa shape index (κ3) is 4.93. The van der Waals surface area contributed by atoms with Gasteiger partial charge in [-0.25, -0.2) is 0 Å². The van der Waals surface area contributed by atoms with Gasteiger partial charge in [0.25, 0.3) is 0 Å². The Morgan fingerprint density at radius 1 is 0.897 bits per heavy atom. The lowest BCUT2D eigenvalue weighted by Gasteiger charge is -2.36. The Balaban J connectivity index is 1.64. The molecule has 3 aromatic rings. The van der Waals surface area contributed by atoms with Crippen molar-refractivity contribution < 1.29 is 4.74 Å². The molecule has 0 amide bonds. The summed E-state index contributed by atoms with van der Waals surface area (Å²) in [6.07, 6.45) is 0. The molecule has 1 fully saturated rings. The maximum atomic E-state index is 6.63. The molecule has 3 nitrogen and oxygen atoms in total. The number of rotatable bonds is 6. The van der Waals surface area contributed by atoms with E-state index in [1.54, 1.807) is 0 Å². The van der Waals surface area contributed by atoms with E-state index in [9.17, 15) is 0 Å². The van der Waals surface area contributed by atoms with Crippen molar-refractivity contribution in [3.63, 3.8) is 0 Å². The van der Waals surface area contributed by atoms with Gasteiger partial charge >= 0.3 is 0 Å². The van der Waals surface area contributed by atoms with E-state index in [4.69, 9.17) is 27.9 Å². The van der Waals surface area contributed by atoms with Crippen LogP contribution in [0, 0.1) is 0 Å². The van der Waals surface area contributed by atoms with Gasteiger partial charge in [-0.2, -0.15) is 0 Å². The molecule has 1 unspecified atom stereocenters. The molecule has 3 aromatic carbocycles. The fourth-order valence-electron chi connectivity index (χ4n) is 3.77. The van der Waals surface area contributed by atoms with Gasteiger partial charge in [-0.05, 0) is 34.9 Å². The van der Waals surface area contributed by atoms with Gasteiger partial charge in [0.15, 0.2) is 0 Å². The first kappa shape index (κ1) is 20.2. The minimum Gasteiger partial charge on any atom is -0.489 e. The van der Waals surface area contributed by atoms with Crippen LogP contribution in [0.15, 0.2) is 72.8 Å². The van der Waals surface area contributed by atoms with E-state index >= 15 is 0 Å². The van der Waals surface area contributed by atoms with E-state index in [2.05, 4.69) is 40.5 Å². The molecular formula is C24H24Cl2N2O. The average Bonchev–Trinajstić information content (AvgIpc) is 2.77. The molecule has 0 aromatic heterocycles. The Morgan fingerprint density at radius 2 is 1.66 bits per heavy atom. The van der Waals surface area contributed by atoms with E-state index < -0.39 is 0 Å². The lowest BCUT2D eigenvalue weighted by Crippen LogP contribution is -2.45. The second-order valence-corrected chi connectivity index (χ2v) is 7.96. The zero-order valence-corrected chi connectivity index (χ0v) is 17.7. The van der Waals surface area contributed by atoms with Crippen molar-refractivity contribution in [2.45, 2.75) is 12.6 Å². The van der Waals surface area contributed by atoms with Crippen molar-refractivity contribution in [2.75, 3.05) is 26.2 Å². The van der Waals surface area contributed by atoms with Crippen LogP contribution in [0.2, 0.25) is 10.0 Å². The van der Waals surface area contributed by atoms with E-state index in [1.165, 1.54) is 0 Å². The quantitative estimate of drug-likeness (QED) is 0.557. The van der Waals surface area contributed by atoms with Crippen molar-refractivity contribution in [2.24, 2.45) is 0 Å². The third-order valence-electron chi connectivity index (χ3n) is 5.21. The summed E-state index contributed by atoms with van der Waals surface area (Å²) in [6.45, 7) is 4.35. The summed E-state index contributed by atoms with van der Waals surface area (Å²) >= 11 is 13.0. The molecular weight excluding hydrogens is 403 g/mol. The van der Waals surface area contributed by atoms with Crippen molar-refractivity contribution >= 4 is 23.2 Å². The largest absolute Gasteiger partial charge is 0.489 e. The van der Waals surface area contributed by atoms with Crippen molar-refractivity contribution in [1.29, 1.82) is 0 Å². The summed E-state index contributed by atoms with van der Waals surface area (Å²) in [6, 6.07) is 24.4. The topological polar surface area (TPSA) is 24.5 Å². The second-order valence-electron chi connectivity index (χ2n) is 7.18. The first-order valence-electron chi connectivity index (χ1n) is 9.88. The molecule has 5 heteroatoms. The Morgan fingerprint density at radius 3 is 2.45 bits per heavy atom. The minimum atomic E-state index is 0.0311. The van der Waals surface area contributed by atoms with Crippen molar-refractivity contribution in [3.05, 3.63) is 99.5 Å². The highest BCUT2D eigenvalue weighted by Gasteiger charge is 2.26. The molecule has 1 heterocycles. The number of benzene rings is 3. The van der Waals surface area contributed by atoms with Gasteiger partial charge in [-0.3, -0.25) is 4.90 Å². The second kappa shape index (κ2) is 9.64. The molecule has 1 aliphatic heterocycles. The first-order chi connectivity index (χ1) is 14.2. The fraction of sp³-hybridized carbons (Fsp3) is 0.250. The standard InChI is InChI=1S/C24H24Cl2N2O/c25-22-11-5-10-21(23(22)26)24(28-14-12-27-13-15-28)19-8-4-9-20(16-19)29-17-18-6-2-1-3-7-18/h1-11,16,24,27H,12-15,17H2. The van der Waals surface area contributed by atoms with Gasteiger partial charge in [0, 0.05) is 26.2 Å². The van der Waals surface area contributed by atoms with Crippen LogP contribution in [0.25, 0.3) is 0 Å². The number of hydrogen-bond donors (Lipinski definition) is 1. The minimum absolute atomic E-state index is 0.0311. The van der Waals surface area contributed by atoms with E-state index in [0.29, 0.717) is 16.7 Å². The van der Waals surface area contributed by atoms with Gasteiger partial charge in [0.2, 0.25) is 0 Å². The summed E-state index contributed by atoms with van der Waals surface area (Å²) in [5, 5.41) is 4.63. The van der Waals surface area contributed by atoms with Crippen LogP contribution >= 0.6 is 23.2 Å². The van der Waals surface area contributed by atoms with Crippen LogP contribution in [0.3, 0.4) is 0 Å². The SMILES string of the molecule is Clc1cccc(C(c2cccc(OCc3ccccc3)c2)N2CCNCC2)c1Cl. The molecule has 0 spiro atoms. The molecule has 1 atom stereocenters. The summed E-state index contributed by atoms with van der Waals surface area (Å²) in [5.74, 6) is 0.852. The summed E-state index contributed by atoms with van der Waals surface area (Å²) in [7, 11) is 0. The maximum absolute atomic E-state index is 6.63. The van der Waals surface area contributed by atoms with Gasteiger partial charge in [0.1, 0.15) is 12.4 Å². The number of halogens is 2. The zero-order chi connectivity index (χ0) is 20.1. The van der Waals surface area contributed by atoms with Gasteiger partial charge < -0.3 is 10.1 Å². The van der Waals surface area contributed by atoms with Crippen LogP contribution in [-0.2, 0) is 6.61 Å². The number of nitrogens with zero attached hydrogens (tertiary/aromatic N) is 1. The van der Waals surface area contributed by atoms with Crippen molar-refractivity contribution in [3.8, 4) is 5.75 Å². The fourth-order valence-corrected chi connectivity index (χ4v) is 4.19. The van der Waals surface area contributed by atoms with Crippen LogP contribution in [0.4, 0.5) is 0 Å². The lowest BCUT2D eigenvalue weighted by atomic mass is 9.96. The Bertz CT molecular complexity index is 943. The monoisotopic (exact) mass is 426 g/mol. The van der Waals surface area contributed by atoms with E-state index in [0.717, 1.165) is 48.6 Å². The third-order valence-corrected chi connectivity index (χ3v) is 6.05. The summed E-state index contributed by atoms with van der Waals surface area (Å²) in [5.41, 5.74) is 3.33. The summed E-state index contributed by atoms with van der Waals surface area (Å²) < 4.78 is 6.07. The molecule has 0 saturated carbocycles. The number of hydrogen-bond acceptors (Lipinski definition) is 3. The van der Waals surface area contributed by atoms with E-state index in [1.807, 2.05) is 42.5 Å². The normalized spacial score (nSPS) is 15.8. The molecule has 29 heavy (non-hydrogen) atoms. The molecule has 0 bridgehead atoms. The molecule has 1 aliphatic rings. The highest BCUT2D eigenvalue weighted by molar-refractivity contribution is 6.42. The Labute approximate surface area is 182 Å². The van der Waals surface area contributed by atoms with Crippen molar-refractivity contribution in [1.82, 2.24) is 10.2 Å². The van der Waals surface area contributed by atoms with Gasteiger partial charge in [0.05, 0.1) is 16.1 Å². The van der Waals surface area contributed by atoms with Gasteiger partial charge in [-0.1, -0.05) is 77.8 Å². The average molecular weight is 427 g/mol. The highest BCUT2D eigenvalue weighted by Crippen LogP contribution is 2.37. The zero-order valence-electron chi connectivity index (χ0n) is 16.2. The number of ether oxygens (including phenoxy) is 1. The predicted molar refractivity (Wildman–Crippen MR) is 120 cm³/mol. The first-order valence-corrected chi connectivity index (χ1v) is 10.6. The molecule has 0 radical (unpaired) electrons. The highest BCUT2D eigenvalue weighted by atomic mass is 35.5. The predicted octanol–water partition coefficient (Wildman–Crippen LogP) is 5.57. The number of piperazine rings is 1. The molecule has 150 valence electrons. The van der Waals surface area contributed by atoms with Crippen LogP contribution in [-0.4, -0.2) is 31.1 Å². The summed E-state index contributed by atoms with van der Waals surface area (Å²) in [4.78, 5) is 2.45. The number of nitrogens with one attached hydrogen (secondary N) is 1. The van der Waals surface area contributed by atoms with Crippen LogP contribution < -0.4 is 10.1 Å². The lowest BCUT2D eigenvalue weighted by molar-refractivity contribution is 0.198. The molecule has 1 saturated heterocycles. The van der Waals surface area contributed by atoms with Crippen LogP contribution in [0.5, 0.6) is 5.75 Å². The van der Waals surface area contributed by atoms with Gasteiger partial charge in [-0.15, -0.1) is 0 Å². The van der Waals surface area contributed by atoms with Crippen LogP contribution in [0.1, 0.15) is 22.7 Å². The molecule has 0 aliphatic carbocycles. The maximum Gasteiger partial charge on any atom is 0.120 e. The molecule has 1 N–H and O–H groups in total. The Kier molecular flexibility index (Phi) is 6.73. The van der Waals surface area contributed by atoms with E-state index in [-0.39, 0.29) is 6.04 Å². The molecule has 4 rings (SSSR count). The smallest absolute Gasteiger partial charge is 0.120 e. The Hall–Kier alpha value is -2.04.